The molecule has 1 aromatic rings. The van der Waals surface area contributed by atoms with Crippen LogP contribution in [0, 0.1) is 6.92 Å². The molecule has 0 radical (unpaired) electrons. The zero-order valence-corrected chi connectivity index (χ0v) is 15.9. The number of carbonyl (C=O) groups is 1. The van der Waals surface area contributed by atoms with Crippen LogP contribution in [0.2, 0.25) is 0 Å². The lowest BCUT2D eigenvalue weighted by molar-refractivity contribution is -0.155. The van der Waals surface area contributed by atoms with Crippen LogP contribution in [-0.4, -0.2) is 67.0 Å². The first-order valence-electron chi connectivity index (χ1n) is 9.68. The second kappa shape index (κ2) is 8.93. The van der Waals surface area contributed by atoms with E-state index < -0.39 is 0 Å². The van der Waals surface area contributed by atoms with Crippen LogP contribution < -0.4 is 0 Å². The Morgan fingerprint density at radius 2 is 2.19 bits per heavy atom. The Bertz CT molecular complexity index is 599. The summed E-state index contributed by atoms with van der Waals surface area (Å²) in [6, 6.07) is 3.79. The smallest absolute Gasteiger partial charge is 0.272 e. The molecule has 2 saturated heterocycles. The summed E-state index contributed by atoms with van der Waals surface area (Å²) in [6.07, 6.45) is 5.46. The van der Waals surface area contributed by atoms with Gasteiger partial charge in [-0.1, -0.05) is 6.07 Å². The van der Waals surface area contributed by atoms with Gasteiger partial charge in [-0.25, -0.2) is 0 Å². The Morgan fingerprint density at radius 1 is 1.38 bits per heavy atom. The molecule has 3 rings (SSSR count). The van der Waals surface area contributed by atoms with Crippen LogP contribution in [0.4, 0.5) is 0 Å². The number of rotatable bonds is 6. The third kappa shape index (κ3) is 4.61. The van der Waals surface area contributed by atoms with Gasteiger partial charge in [0.05, 0.1) is 24.9 Å². The number of piperidine rings is 1. The van der Waals surface area contributed by atoms with Crippen molar-refractivity contribution in [2.24, 2.45) is 0 Å². The molecule has 6 nitrogen and oxygen atoms in total. The lowest BCUT2D eigenvalue weighted by atomic mass is 9.83. The fourth-order valence-corrected chi connectivity index (χ4v) is 3.87. The molecule has 2 fully saturated rings. The van der Waals surface area contributed by atoms with E-state index >= 15 is 0 Å². The van der Waals surface area contributed by atoms with Crippen molar-refractivity contribution in [2.45, 2.75) is 51.2 Å². The monoisotopic (exact) mass is 362 g/mol. The Balaban J connectivity index is 1.52. The molecular formula is C20H30N2O4. The standard InChI is InChI=1S/C20H30N2O4/c1-3-24-13-14-25-17-6-12-26-20(15-17)7-10-22(11-8-20)19(23)18-16(2)5-4-9-21-18/h4-5,9,17H,3,6-8,10-15H2,1-2H3. The van der Waals surface area contributed by atoms with Crippen molar-refractivity contribution < 1.29 is 19.0 Å². The fraction of sp³-hybridized carbons (Fsp3) is 0.700. The molecule has 6 heteroatoms. The summed E-state index contributed by atoms with van der Waals surface area (Å²) < 4.78 is 17.5. The highest BCUT2D eigenvalue weighted by atomic mass is 16.5. The Kier molecular flexibility index (Phi) is 6.62. The number of aryl methyl sites for hydroxylation is 1. The molecule has 0 saturated carbocycles. The van der Waals surface area contributed by atoms with Crippen LogP contribution in [0.5, 0.6) is 0 Å². The predicted octanol–water partition coefficient (Wildman–Crippen LogP) is 2.60. The molecule has 0 aromatic carbocycles. The molecular weight excluding hydrogens is 332 g/mol. The van der Waals surface area contributed by atoms with Crippen LogP contribution in [0.25, 0.3) is 0 Å². The number of likely N-dealkylation sites (tertiary alicyclic amines) is 1. The van der Waals surface area contributed by atoms with Gasteiger partial charge >= 0.3 is 0 Å². The molecule has 0 aliphatic carbocycles. The molecule has 2 aliphatic rings. The van der Waals surface area contributed by atoms with E-state index in [1.807, 2.05) is 30.9 Å². The Hall–Kier alpha value is -1.50. The van der Waals surface area contributed by atoms with E-state index in [1.165, 1.54) is 0 Å². The lowest BCUT2D eigenvalue weighted by Gasteiger charge is -2.46. The van der Waals surface area contributed by atoms with E-state index in [9.17, 15) is 4.79 Å². The number of hydrogen-bond donors (Lipinski definition) is 0. The predicted molar refractivity (Wildman–Crippen MR) is 98.3 cm³/mol. The summed E-state index contributed by atoms with van der Waals surface area (Å²) in [5.74, 6) is 0.0262. The number of ether oxygens (including phenoxy) is 3. The van der Waals surface area contributed by atoms with Gasteiger partial charge in [0.2, 0.25) is 0 Å². The number of carbonyl (C=O) groups excluding carboxylic acids is 1. The molecule has 3 heterocycles. The van der Waals surface area contributed by atoms with E-state index in [1.54, 1.807) is 6.20 Å². The maximum absolute atomic E-state index is 12.7. The summed E-state index contributed by atoms with van der Waals surface area (Å²) in [6.45, 7) is 8.07. The van der Waals surface area contributed by atoms with Gasteiger partial charge in [0.15, 0.2) is 0 Å². The van der Waals surface area contributed by atoms with Crippen molar-refractivity contribution in [3.63, 3.8) is 0 Å². The topological polar surface area (TPSA) is 60.9 Å². The van der Waals surface area contributed by atoms with E-state index in [0.717, 1.165) is 44.5 Å². The maximum Gasteiger partial charge on any atom is 0.272 e. The number of amides is 1. The number of aromatic nitrogens is 1. The van der Waals surface area contributed by atoms with Gasteiger partial charge in [0.1, 0.15) is 5.69 Å². The first-order chi connectivity index (χ1) is 12.6. The van der Waals surface area contributed by atoms with E-state index in [0.29, 0.717) is 32.0 Å². The highest BCUT2D eigenvalue weighted by Gasteiger charge is 2.41. The molecule has 1 unspecified atom stereocenters. The van der Waals surface area contributed by atoms with E-state index in [2.05, 4.69) is 4.98 Å². The van der Waals surface area contributed by atoms with Crippen molar-refractivity contribution in [3.8, 4) is 0 Å². The van der Waals surface area contributed by atoms with E-state index in [-0.39, 0.29) is 17.6 Å². The van der Waals surface area contributed by atoms with Gasteiger partial charge in [0.25, 0.3) is 5.91 Å². The van der Waals surface area contributed by atoms with Gasteiger partial charge in [-0.2, -0.15) is 0 Å². The average Bonchev–Trinajstić information content (AvgIpc) is 2.66. The van der Waals surface area contributed by atoms with Crippen LogP contribution >= 0.6 is 0 Å². The molecule has 1 atom stereocenters. The van der Waals surface area contributed by atoms with E-state index in [4.69, 9.17) is 14.2 Å². The maximum atomic E-state index is 12.7. The third-order valence-electron chi connectivity index (χ3n) is 5.41. The molecule has 0 bridgehead atoms. The van der Waals surface area contributed by atoms with Crippen LogP contribution in [-0.2, 0) is 14.2 Å². The van der Waals surface area contributed by atoms with Crippen molar-refractivity contribution >= 4 is 5.91 Å². The second-order valence-electron chi connectivity index (χ2n) is 7.18. The molecule has 144 valence electrons. The van der Waals surface area contributed by atoms with Gasteiger partial charge in [0, 0.05) is 38.9 Å². The minimum absolute atomic E-state index is 0.0262. The quantitative estimate of drug-likeness (QED) is 0.728. The Morgan fingerprint density at radius 3 is 2.92 bits per heavy atom. The molecule has 1 spiro atoms. The summed E-state index contributed by atoms with van der Waals surface area (Å²) >= 11 is 0. The first-order valence-corrected chi connectivity index (χ1v) is 9.68. The van der Waals surface area contributed by atoms with Crippen LogP contribution in [0.15, 0.2) is 18.3 Å². The number of nitrogens with zero attached hydrogens (tertiary/aromatic N) is 2. The molecule has 26 heavy (non-hydrogen) atoms. The summed E-state index contributed by atoms with van der Waals surface area (Å²) in [5, 5.41) is 0. The van der Waals surface area contributed by atoms with Crippen LogP contribution in [0.3, 0.4) is 0 Å². The fourth-order valence-electron chi connectivity index (χ4n) is 3.87. The SMILES string of the molecule is CCOCCOC1CCOC2(CCN(C(=O)c3ncccc3C)CC2)C1. The van der Waals surface area contributed by atoms with Crippen molar-refractivity contribution in [2.75, 3.05) is 39.5 Å². The molecule has 0 N–H and O–H groups in total. The zero-order chi connectivity index (χ0) is 18.4. The van der Waals surface area contributed by atoms with Gasteiger partial charge < -0.3 is 19.1 Å². The minimum atomic E-state index is -0.148. The summed E-state index contributed by atoms with van der Waals surface area (Å²) in [5.41, 5.74) is 1.34. The van der Waals surface area contributed by atoms with Gasteiger partial charge in [-0.15, -0.1) is 0 Å². The Labute approximate surface area is 155 Å². The lowest BCUT2D eigenvalue weighted by Crippen LogP contribution is -2.52. The summed E-state index contributed by atoms with van der Waals surface area (Å²) in [4.78, 5) is 18.9. The molecule has 2 aliphatic heterocycles. The summed E-state index contributed by atoms with van der Waals surface area (Å²) in [7, 11) is 0. The second-order valence-corrected chi connectivity index (χ2v) is 7.18. The number of hydrogen-bond acceptors (Lipinski definition) is 5. The normalized spacial score (nSPS) is 22.5. The number of pyridine rings is 1. The molecule has 1 aromatic heterocycles. The average molecular weight is 362 g/mol. The highest BCUT2D eigenvalue weighted by molar-refractivity contribution is 5.93. The third-order valence-corrected chi connectivity index (χ3v) is 5.41. The first kappa shape index (κ1) is 19.3. The van der Waals surface area contributed by atoms with Crippen molar-refractivity contribution in [1.29, 1.82) is 0 Å². The van der Waals surface area contributed by atoms with Gasteiger partial charge in [-0.05, 0) is 44.7 Å². The van der Waals surface area contributed by atoms with Gasteiger partial charge in [-0.3, -0.25) is 9.78 Å². The minimum Gasteiger partial charge on any atom is -0.379 e. The van der Waals surface area contributed by atoms with Crippen LogP contribution in [0.1, 0.15) is 48.7 Å². The van der Waals surface area contributed by atoms with Crippen molar-refractivity contribution in [1.82, 2.24) is 9.88 Å². The molecule has 1 amide bonds. The van der Waals surface area contributed by atoms with Crippen molar-refractivity contribution in [3.05, 3.63) is 29.6 Å². The zero-order valence-electron chi connectivity index (χ0n) is 15.9. The highest BCUT2D eigenvalue weighted by Crippen LogP contribution is 2.36. The largest absolute Gasteiger partial charge is 0.379 e.